The molecule has 0 aliphatic rings. The zero-order valence-electron chi connectivity index (χ0n) is 9.94. The number of hydrogen-bond acceptors (Lipinski definition) is 4. The summed E-state index contributed by atoms with van der Waals surface area (Å²) in [6.07, 6.45) is 0. The molecule has 0 aromatic heterocycles. The van der Waals surface area contributed by atoms with Gasteiger partial charge >= 0.3 is 0 Å². The molecular formula is C11H15FN2O3S. The smallest absolute Gasteiger partial charge is 0.251 e. The lowest BCUT2D eigenvalue weighted by Gasteiger charge is -2.06. The highest BCUT2D eigenvalue weighted by atomic mass is 32.2. The number of amides is 1. The number of carbonyl (C=O) groups is 1. The van der Waals surface area contributed by atoms with Crippen LogP contribution in [0.1, 0.15) is 17.3 Å². The molecule has 3 N–H and O–H groups in total. The van der Waals surface area contributed by atoms with Crippen molar-refractivity contribution in [3.05, 3.63) is 29.6 Å². The molecule has 1 amide bonds. The normalized spacial score (nSPS) is 11.2. The van der Waals surface area contributed by atoms with E-state index in [1.807, 2.05) is 0 Å². The summed E-state index contributed by atoms with van der Waals surface area (Å²) < 4.78 is 35.5. The summed E-state index contributed by atoms with van der Waals surface area (Å²) in [7, 11) is -3.12. The molecule has 1 aromatic carbocycles. The number of anilines is 1. The topological polar surface area (TPSA) is 89.3 Å². The highest BCUT2D eigenvalue weighted by molar-refractivity contribution is 7.91. The van der Waals surface area contributed by atoms with Crippen LogP contribution in [0, 0.1) is 5.82 Å². The van der Waals surface area contributed by atoms with Crippen LogP contribution in [0.2, 0.25) is 0 Å². The van der Waals surface area contributed by atoms with Gasteiger partial charge in [-0.3, -0.25) is 4.79 Å². The number of halogens is 1. The number of nitrogen functional groups attached to an aromatic ring is 1. The molecule has 5 nitrogen and oxygen atoms in total. The minimum atomic E-state index is -3.12. The molecule has 0 aliphatic heterocycles. The van der Waals surface area contributed by atoms with Gasteiger partial charge in [0.25, 0.3) is 5.91 Å². The number of sulfone groups is 1. The molecular weight excluding hydrogens is 259 g/mol. The quantitative estimate of drug-likeness (QED) is 0.768. The number of rotatable bonds is 5. The fraction of sp³-hybridized carbons (Fsp3) is 0.364. The van der Waals surface area contributed by atoms with Crippen molar-refractivity contribution in [1.29, 1.82) is 0 Å². The maximum atomic E-state index is 13.1. The summed E-state index contributed by atoms with van der Waals surface area (Å²) >= 11 is 0. The second kappa shape index (κ2) is 5.81. The van der Waals surface area contributed by atoms with Gasteiger partial charge in [0.1, 0.15) is 5.82 Å². The van der Waals surface area contributed by atoms with E-state index in [0.29, 0.717) is 0 Å². The summed E-state index contributed by atoms with van der Waals surface area (Å²) in [4.78, 5) is 11.6. The molecule has 1 aromatic rings. The monoisotopic (exact) mass is 274 g/mol. The van der Waals surface area contributed by atoms with Crippen molar-refractivity contribution in [1.82, 2.24) is 5.32 Å². The van der Waals surface area contributed by atoms with E-state index in [1.165, 1.54) is 19.1 Å². The Morgan fingerprint density at radius 3 is 2.67 bits per heavy atom. The minimum Gasteiger partial charge on any atom is -0.396 e. The lowest BCUT2D eigenvalue weighted by atomic mass is 10.2. The molecule has 0 saturated carbocycles. The Balaban J connectivity index is 2.58. The van der Waals surface area contributed by atoms with E-state index in [9.17, 15) is 17.6 Å². The van der Waals surface area contributed by atoms with Crippen molar-refractivity contribution in [2.75, 3.05) is 23.8 Å². The van der Waals surface area contributed by atoms with E-state index in [-0.39, 0.29) is 29.3 Å². The average Bonchev–Trinajstić information content (AvgIpc) is 2.32. The fourth-order valence-electron chi connectivity index (χ4n) is 1.23. The number of nitrogens with two attached hydrogens (primary N) is 1. The van der Waals surface area contributed by atoms with E-state index in [0.717, 1.165) is 6.07 Å². The molecule has 0 unspecified atom stereocenters. The van der Waals surface area contributed by atoms with Crippen LogP contribution in [0.4, 0.5) is 10.1 Å². The zero-order valence-corrected chi connectivity index (χ0v) is 10.8. The van der Waals surface area contributed by atoms with Crippen LogP contribution in [0.5, 0.6) is 0 Å². The van der Waals surface area contributed by atoms with Crippen LogP contribution in [-0.2, 0) is 9.84 Å². The molecule has 0 bridgehead atoms. The molecule has 0 fully saturated rings. The number of hydrogen-bond donors (Lipinski definition) is 2. The number of benzene rings is 1. The van der Waals surface area contributed by atoms with Gasteiger partial charge in [-0.25, -0.2) is 12.8 Å². The Bertz CT molecular complexity index is 543. The fourth-order valence-corrected chi connectivity index (χ4v) is 1.94. The van der Waals surface area contributed by atoms with Gasteiger partial charge in [-0.1, -0.05) is 6.92 Å². The minimum absolute atomic E-state index is 0.000994. The Labute approximate surface area is 105 Å². The molecule has 7 heteroatoms. The van der Waals surface area contributed by atoms with Gasteiger partial charge in [0.15, 0.2) is 9.84 Å². The Kier molecular flexibility index (Phi) is 4.66. The van der Waals surface area contributed by atoms with Crippen molar-refractivity contribution in [2.24, 2.45) is 0 Å². The van der Waals surface area contributed by atoms with Crippen molar-refractivity contribution in [3.63, 3.8) is 0 Å². The summed E-state index contributed by atoms with van der Waals surface area (Å²) in [6.45, 7) is 1.54. The van der Waals surface area contributed by atoms with Gasteiger partial charge < -0.3 is 11.1 Å². The maximum Gasteiger partial charge on any atom is 0.251 e. The average molecular weight is 274 g/mol. The van der Waals surface area contributed by atoms with Gasteiger partial charge in [-0.15, -0.1) is 0 Å². The molecule has 0 atom stereocenters. The summed E-state index contributed by atoms with van der Waals surface area (Å²) in [5.74, 6) is -1.31. The zero-order chi connectivity index (χ0) is 13.8. The first-order valence-electron chi connectivity index (χ1n) is 5.39. The van der Waals surface area contributed by atoms with E-state index in [1.54, 1.807) is 0 Å². The Morgan fingerprint density at radius 1 is 1.44 bits per heavy atom. The lowest BCUT2D eigenvalue weighted by molar-refractivity contribution is 0.0955. The molecule has 0 radical (unpaired) electrons. The predicted octanol–water partition coefficient (Wildman–Crippen LogP) is 0.572. The maximum absolute atomic E-state index is 13.1. The van der Waals surface area contributed by atoms with Gasteiger partial charge in [-0.2, -0.15) is 0 Å². The summed E-state index contributed by atoms with van der Waals surface area (Å²) in [5, 5.41) is 2.41. The molecule has 0 spiro atoms. The molecule has 0 aliphatic carbocycles. The van der Waals surface area contributed by atoms with E-state index in [2.05, 4.69) is 5.32 Å². The summed E-state index contributed by atoms with van der Waals surface area (Å²) in [5.41, 5.74) is 5.34. The Hall–Kier alpha value is -1.63. The van der Waals surface area contributed by atoms with Gasteiger partial charge in [-0.05, 0) is 18.2 Å². The van der Waals surface area contributed by atoms with Crippen molar-refractivity contribution < 1.29 is 17.6 Å². The first-order chi connectivity index (χ1) is 8.35. The van der Waals surface area contributed by atoms with E-state index >= 15 is 0 Å². The molecule has 0 saturated heterocycles. The SMILES string of the molecule is CCS(=O)(=O)CCNC(=O)c1ccc(N)c(F)c1. The first-order valence-corrected chi connectivity index (χ1v) is 7.21. The molecule has 0 heterocycles. The second-order valence-electron chi connectivity index (χ2n) is 3.73. The molecule has 100 valence electrons. The van der Waals surface area contributed by atoms with E-state index < -0.39 is 21.6 Å². The second-order valence-corrected chi connectivity index (χ2v) is 6.20. The highest BCUT2D eigenvalue weighted by Gasteiger charge is 2.11. The van der Waals surface area contributed by atoms with Crippen molar-refractivity contribution in [3.8, 4) is 0 Å². The van der Waals surface area contributed by atoms with Crippen LogP contribution >= 0.6 is 0 Å². The Morgan fingerprint density at radius 2 is 2.11 bits per heavy atom. The van der Waals surface area contributed by atoms with Crippen LogP contribution in [-0.4, -0.2) is 32.4 Å². The standard InChI is InChI=1S/C11H15FN2O3S/c1-2-18(16,17)6-5-14-11(15)8-3-4-10(13)9(12)7-8/h3-4,7H,2,5-6,13H2,1H3,(H,14,15). The number of carbonyl (C=O) groups excluding carboxylic acids is 1. The lowest BCUT2D eigenvalue weighted by Crippen LogP contribution is -2.29. The van der Waals surface area contributed by atoms with Gasteiger partial charge in [0, 0.05) is 17.9 Å². The third-order valence-corrected chi connectivity index (χ3v) is 4.11. The molecule has 18 heavy (non-hydrogen) atoms. The number of nitrogens with one attached hydrogen (secondary N) is 1. The molecule has 1 rings (SSSR count). The van der Waals surface area contributed by atoms with Crippen LogP contribution < -0.4 is 11.1 Å². The summed E-state index contributed by atoms with van der Waals surface area (Å²) in [6, 6.07) is 3.67. The van der Waals surface area contributed by atoms with Crippen LogP contribution in [0.25, 0.3) is 0 Å². The van der Waals surface area contributed by atoms with Crippen LogP contribution in [0.15, 0.2) is 18.2 Å². The predicted molar refractivity (Wildman–Crippen MR) is 67.5 cm³/mol. The van der Waals surface area contributed by atoms with Crippen molar-refractivity contribution >= 4 is 21.4 Å². The van der Waals surface area contributed by atoms with Crippen LogP contribution in [0.3, 0.4) is 0 Å². The highest BCUT2D eigenvalue weighted by Crippen LogP contribution is 2.11. The third-order valence-electron chi connectivity index (χ3n) is 2.40. The van der Waals surface area contributed by atoms with E-state index in [4.69, 9.17) is 5.73 Å². The first kappa shape index (κ1) is 14.4. The largest absolute Gasteiger partial charge is 0.396 e. The van der Waals surface area contributed by atoms with Gasteiger partial charge in [0.05, 0.1) is 11.4 Å². The third kappa shape index (κ3) is 3.99. The van der Waals surface area contributed by atoms with Crippen molar-refractivity contribution in [2.45, 2.75) is 6.92 Å². The van der Waals surface area contributed by atoms with Gasteiger partial charge in [0.2, 0.25) is 0 Å².